The molecule has 0 aromatic heterocycles. The van der Waals surface area contributed by atoms with Crippen LogP contribution in [-0.2, 0) is 23.9 Å². The minimum atomic E-state index is -0.880. The quantitative estimate of drug-likeness (QED) is 0.156. The summed E-state index contributed by atoms with van der Waals surface area (Å²) in [5.74, 6) is 1.65. The van der Waals surface area contributed by atoms with E-state index in [-0.39, 0.29) is 58.0 Å². The van der Waals surface area contributed by atoms with Gasteiger partial charge in [-0.3, -0.25) is 19.3 Å². The molecule has 0 unspecified atom stereocenters. The number of ether oxygens (including phenoxy) is 2. The molecule has 0 bridgehead atoms. The molecule has 0 amide bonds. The lowest BCUT2D eigenvalue weighted by molar-refractivity contribution is -0.251. The second-order valence-electron chi connectivity index (χ2n) is 21.5. The molecule has 1 heterocycles. The van der Waals surface area contributed by atoms with E-state index in [1.54, 1.807) is 0 Å². The number of esters is 2. The van der Waals surface area contributed by atoms with Crippen molar-refractivity contribution in [1.29, 1.82) is 0 Å². The molecule has 6 aliphatic rings. The lowest BCUT2D eigenvalue weighted by Crippen LogP contribution is -2.66. The second kappa shape index (κ2) is 15.1. The molecule has 10 atom stereocenters. The summed E-state index contributed by atoms with van der Waals surface area (Å²) in [6.45, 7) is 31.3. The Morgan fingerprint density at radius 2 is 1.48 bits per heavy atom. The Balaban J connectivity index is 1.15. The number of likely N-dealkylation sites (N-methyl/N-ethyl adjacent to an activating group) is 1. The van der Waals surface area contributed by atoms with E-state index in [0.29, 0.717) is 42.7 Å². The zero-order chi connectivity index (χ0) is 39.5. The van der Waals surface area contributed by atoms with Crippen LogP contribution < -0.4 is 0 Å². The van der Waals surface area contributed by atoms with Gasteiger partial charge in [-0.15, -0.1) is 0 Å². The molecule has 306 valence electrons. The summed E-state index contributed by atoms with van der Waals surface area (Å²) in [4.78, 5) is 42.4. The van der Waals surface area contributed by atoms with Gasteiger partial charge >= 0.3 is 17.9 Å². The lowest BCUT2D eigenvalue weighted by Gasteiger charge is -2.73. The predicted octanol–water partition coefficient (Wildman–Crippen LogP) is 9.02. The molecular formula is C46H76N2O6. The van der Waals surface area contributed by atoms with Crippen molar-refractivity contribution in [1.82, 2.24) is 9.80 Å². The highest BCUT2D eigenvalue weighted by molar-refractivity contribution is 5.73. The van der Waals surface area contributed by atoms with E-state index in [2.05, 4.69) is 64.8 Å². The maximum Gasteiger partial charge on any atom is 0.320 e. The Kier molecular flexibility index (Phi) is 11.7. The molecule has 6 rings (SSSR count). The Labute approximate surface area is 327 Å². The SMILES string of the molecule is C=C(C)[C@@H]1CC[C@]2(CCOC(=O)CN3CCN(CC)CC3)CC[C@]3(C)[C@H](CC[C@@H]4[C@@]5(C)CC[C@H](OC(=O)CC(C)(C)CC(=O)O)C(C)(C)[C@@H]5CC[C@]43C)[C@@H]12. The fourth-order valence-corrected chi connectivity index (χ4v) is 14.8. The van der Waals surface area contributed by atoms with E-state index in [0.717, 1.165) is 58.4 Å². The van der Waals surface area contributed by atoms with Gasteiger partial charge in [0.25, 0.3) is 0 Å². The van der Waals surface area contributed by atoms with E-state index < -0.39 is 11.4 Å². The molecule has 8 heteroatoms. The number of carbonyl (C=O) groups excluding carboxylic acids is 2. The van der Waals surface area contributed by atoms with Gasteiger partial charge < -0.3 is 19.5 Å². The third-order valence-corrected chi connectivity index (χ3v) is 17.8. The normalized spacial score (nSPS) is 40.8. The summed E-state index contributed by atoms with van der Waals surface area (Å²) in [5.41, 5.74) is 1.41. The number of carboxylic acids is 1. The molecule has 1 N–H and O–H groups in total. The fraction of sp³-hybridized carbons (Fsp3) is 0.891. The first-order valence-corrected chi connectivity index (χ1v) is 21.9. The van der Waals surface area contributed by atoms with E-state index in [1.807, 2.05) is 13.8 Å². The molecule has 0 spiro atoms. The molecule has 5 aliphatic carbocycles. The van der Waals surface area contributed by atoms with Crippen LogP contribution in [0.2, 0.25) is 0 Å². The zero-order valence-electron chi connectivity index (χ0n) is 35.7. The van der Waals surface area contributed by atoms with Crippen LogP contribution in [0.5, 0.6) is 0 Å². The summed E-state index contributed by atoms with van der Waals surface area (Å²) in [6, 6.07) is 0. The minimum absolute atomic E-state index is 0.0450. The van der Waals surface area contributed by atoms with Gasteiger partial charge in [0.2, 0.25) is 0 Å². The van der Waals surface area contributed by atoms with Crippen LogP contribution in [0.25, 0.3) is 0 Å². The van der Waals surface area contributed by atoms with E-state index in [9.17, 15) is 19.5 Å². The Bertz CT molecular complexity index is 1430. The van der Waals surface area contributed by atoms with Gasteiger partial charge in [0.1, 0.15) is 6.10 Å². The average molecular weight is 753 g/mol. The van der Waals surface area contributed by atoms with Gasteiger partial charge in [-0.1, -0.05) is 67.5 Å². The van der Waals surface area contributed by atoms with Crippen molar-refractivity contribution >= 4 is 17.9 Å². The molecule has 0 radical (unpaired) electrons. The molecule has 54 heavy (non-hydrogen) atoms. The van der Waals surface area contributed by atoms with Crippen LogP contribution in [-0.4, -0.2) is 84.8 Å². The number of aliphatic carboxylic acids is 1. The number of carboxylic acid groups (broad SMARTS) is 1. The summed E-state index contributed by atoms with van der Waals surface area (Å²) in [5, 5.41) is 9.36. The third-order valence-electron chi connectivity index (χ3n) is 17.8. The minimum Gasteiger partial charge on any atom is -0.481 e. The smallest absolute Gasteiger partial charge is 0.320 e. The van der Waals surface area contributed by atoms with Crippen LogP contribution >= 0.6 is 0 Å². The van der Waals surface area contributed by atoms with E-state index >= 15 is 0 Å². The largest absolute Gasteiger partial charge is 0.481 e. The summed E-state index contributed by atoms with van der Waals surface area (Å²) >= 11 is 0. The van der Waals surface area contributed by atoms with Gasteiger partial charge in [0.05, 0.1) is 26.0 Å². The Morgan fingerprint density at radius 1 is 0.796 bits per heavy atom. The molecule has 1 aliphatic heterocycles. The van der Waals surface area contributed by atoms with Crippen molar-refractivity contribution in [2.45, 2.75) is 152 Å². The highest BCUT2D eigenvalue weighted by Gasteiger charge is 2.71. The molecule has 6 fully saturated rings. The van der Waals surface area contributed by atoms with Crippen LogP contribution in [0, 0.1) is 62.1 Å². The van der Waals surface area contributed by atoms with Gasteiger partial charge in [0, 0.05) is 31.6 Å². The van der Waals surface area contributed by atoms with E-state index in [4.69, 9.17) is 9.47 Å². The summed E-state index contributed by atoms with van der Waals surface area (Å²) < 4.78 is 12.4. The highest BCUT2D eigenvalue weighted by atomic mass is 16.5. The van der Waals surface area contributed by atoms with Gasteiger partial charge in [-0.05, 0) is 141 Å². The fourth-order valence-electron chi connectivity index (χ4n) is 14.8. The molecule has 8 nitrogen and oxygen atoms in total. The van der Waals surface area contributed by atoms with Gasteiger partial charge in [-0.2, -0.15) is 0 Å². The standard InChI is InChI=1S/C46H76N2O6/c1-11-47-23-25-48(26-24-47)30-39(52)53-27-22-46-19-14-32(31(2)3)40(46)33-12-13-35-43(8)17-16-36(54-38(51)29-41(4,5)28-37(49)50)42(6,7)34(43)15-18-45(35,10)44(33,9)20-21-46/h32-36,40H,2,11-30H2,1,3-10H3,(H,49,50)/t32-,33+,34-,35+,36-,40+,43-,44+,45+,46+/m0/s1. The molecule has 0 aromatic rings. The first-order valence-electron chi connectivity index (χ1n) is 21.9. The molecule has 0 aromatic carbocycles. The zero-order valence-corrected chi connectivity index (χ0v) is 35.7. The number of allylic oxidation sites excluding steroid dienone is 1. The van der Waals surface area contributed by atoms with Crippen LogP contribution in [0.4, 0.5) is 0 Å². The number of rotatable bonds is 12. The summed E-state index contributed by atoms with van der Waals surface area (Å²) in [7, 11) is 0. The number of hydrogen-bond donors (Lipinski definition) is 1. The van der Waals surface area contributed by atoms with Crippen LogP contribution in [0.3, 0.4) is 0 Å². The van der Waals surface area contributed by atoms with Crippen molar-refractivity contribution in [3.63, 3.8) is 0 Å². The first-order chi connectivity index (χ1) is 25.2. The van der Waals surface area contributed by atoms with Crippen LogP contribution in [0.1, 0.15) is 146 Å². The molecule has 5 saturated carbocycles. The van der Waals surface area contributed by atoms with Crippen LogP contribution in [0.15, 0.2) is 12.2 Å². The van der Waals surface area contributed by atoms with Gasteiger partial charge in [-0.25, -0.2) is 0 Å². The second-order valence-corrected chi connectivity index (χ2v) is 21.5. The predicted molar refractivity (Wildman–Crippen MR) is 214 cm³/mol. The lowest BCUT2D eigenvalue weighted by atomic mass is 9.32. The summed E-state index contributed by atoms with van der Waals surface area (Å²) in [6.07, 6.45) is 12.6. The number of hydrogen-bond acceptors (Lipinski definition) is 7. The number of carbonyl (C=O) groups is 3. The number of piperazine rings is 1. The highest BCUT2D eigenvalue weighted by Crippen LogP contribution is 2.78. The average Bonchev–Trinajstić information content (AvgIpc) is 3.46. The molecular weight excluding hydrogens is 677 g/mol. The third kappa shape index (κ3) is 7.35. The monoisotopic (exact) mass is 753 g/mol. The molecule has 1 saturated heterocycles. The van der Waals surface area contributed by atoms with Gasteiger partial charge in [0.15, 0.2) is 0 Å². The number of nitrogens with zero attached hydrogens (tertiary/aromatic N) is 2. The Hall–Kier alpha value is -1.93. The van der Waals surface area contributed by atoms with Crippen molar-refractivity contribution in [2.75, 3.05) is 45.9 Å². The maximum atomic E-state index is 13.3. The number of fused-ring (bicyclic) bond motifs is 7. The van der Waals surface area contributed by atoms with Crippen molar-refractivity contribution in [3.8, 4) is 0 Å². The maximum absolute atomic E-state index is 13.3. The van der Waals surface area contributed by atoms with Crippen molar-refractivity contribution in [2.24, 2.45) is 62.1 Å². The first kappa shape index (κ1) is 41.7. The van der Waals surface area contributed by atoms with Crippen molar-refractivity contribution < 1.29 is 29.0 Å². The van der Waals surface area contributed by atoms with E-state index in [1.165, 1.54) is 50.5 Å². The van der Waals surface area contributed by atoms with Crippen molar-refractivity contribution in [3.05, 3.63) is 12.2 Å². The Morgan fingerprint density at radius 3 is 2.13 bits per heavy atom. The topological polar surface area (TPSA) is 96.4 Å².